The number of fused-ring (bicyclic) bond motifs is 2. The van der Waals surface area contributed by atoms with E-state index in [1.165, 1.54) is 18.6 Å². The zero-order valence-corrected chi connectivity index (χ0v) is 9.05. The zero-order valence-electron chi connectivity index (χ0n) is 9.05. The Balaban J connectivity index is 2.38. The van der Waals surface area contributed by atoms with Crippen LogP contribution in [0.25, 0.3) is 0 Å². The van der Waals surface area contributed by atoms with Crippen molar-refractivity contribution in [2.75, 3.05) is 7.11 Å². The zero-order chi connectivity index (χ0) is 9.69. The molecule has 0 spiro atoms. The van der Waals surface area contributed by atoms with E-state index in [0.717, 1.165) is 12.3 Å². The Morgan fingerprint density at radius 3 is 2.46 bits per heavy atom. The van der Waals surface area contributed by atoms with E-state index < -0.39 is 0 Å². The molecule has 2 fully saturated rings. The molecule has 0 aromatic rings. The van der Waals surface area contributed by atoms with E-state index in [2.05, 4.69) is 25.9 Å². The van der Waals surface area contributed by atoms with Crippen LogP contribution >= 0.6 is 0 Å². The predicted molar refractivity (Wildman–Crippen MR) is 53.7 cm³/mol. The van der Waals surface area contributed by atoms with Crippen molar-refractivity contribution in [2.24, 2.45) is 21.9 Å². The lowest BCUT2D eigenvalue weighted by molar-refractivity contribution is 0.180. The lowest BCUT2D eigenvalue weighted by atomic mass is 9.70. The van der Waals surface area contributed by atoms with Crippen LogP contribution in [-0.2, 0) is 4.84 Å². The Bertz CT molecular complexity index is 257. The summed E-state index contributed by atoms with van der Waals surface area (Å²) in [5.41, 5.74) is 2.01. The van der Waals surface area contributed by atoms with Gasteiger partial charge in [-0.05, 0) is 30.6 Å². The van der Waals surface area contributed by atoms with Crippen molar-refractivity contribution in [1.82, 2.24) is 0 Å². The minimum absolute atomic E-state index is 0.299. The summed E-state index contributed by atoms with van der Waals surface area (Å²) in [4.78, 5) is 4.92. The van der Waals surface area contributed by atoms with Gasteiger partial charge in [0.1, 0.15) is 7.11 Å². The maximum Gasteiger partial charge on any atom is 0.106 e. The predicted octanol–water partition coefficient (Wildman–Crippen LogP) is 2.84. The molecule has 74 valence electrons. The van der Waals surface area contributed by atoms with Gasteiger partial charge in [0.15, 0.2) is 0 Å². The summed E-state index contributed by atoms with van der Waals surface area (Å²) in [5, 5.41) is 4.19. The van der Waals surface area contributed by atoms with Gasteiger partial charge in [-0.25, -0.2) is 0 Å². The second kappa shape index (κ2) is 2.49. The molecule has 2 nitrogen and oxygen atoms in total. The largest absolute Gasteiger partial charge is 0.399 e. The Labute approximate surface area is 80.3 Å². The number of hydrogen-bond donors (Lipinski definition) is 0. The molecule has 0 saturated heterocycles. The smallest absolute Gasteiger partial charge is 0.106 e. The van der Waals surface area contributed by atoms with Gasteiger partial charge < -0.3 is 4.84 Å². The van der Waals surface area contributed by atoms with Gasteiger partial charge in [-0.15, -0.1) is 0 Å². The van der Waals surface area contributed by atoms with Gasteiger partial charge in [-0.2, -0.15) is 0 Å². The first-order valence-electron chi connectivity index (χ1n) is 5.13. The third-order valence-corrected chi connectivity index (χ3v) is 4.71. The summed E-state index contributed by atoms with van der Waals surface area (Å²) in [7, 11) is 1.65. The van der Waals surface area contributed by atoms with Gasteiger partial charge in [-0.3, -0.25) is 0 Å². The van der Waals surface area contributed by atoms with Gasteiger partial charge in [0.05, 0.1) is 5.71 Å². The molecule has 2 rings (SSSR count). The molecule has 0 aliphatic heterocycles. The highest BCUT2D eigenvalue weighted by molar-refractivity contribution is 5.93. The van der Waals surface area contributed by atoms with Gasteiger partial charge in [0.25, 0.3) is 0 Å². The summed E-state index contributed by atoms with van der Waals surface area (Å²) in [6.45, 7) is 7.10. The van der Waals surface area contributed by atoms with Crippen LogP contribution in [0.4, 0.5) is 0 Å². The minimum Gasteiger partial charge on any atom is -0.399 e. The SMILES string of the molecule is CON=C1CC2CCC1(C)C2(C)C. The van der Waals surface area contributed by atoms with Gasteiger partial charge in [-0.1, -0.05) is 25.9 Å². The lowest BCUT2D eigenvalue weighted by Crippen LogP contribution is -2.32. The van der Waals surface area contributed by atoms with Crippen molar-refractivity contribution in [3.05, 3.63) is 0 Å². The summed E-state index contributed by atoms with van der Waals surface area (Å²) in [6.07, 6.45) is 3.80. The average molecular weight is 181 g/mol. The molecule has 0 aromatic carbocycles. The number of oxime groups is 1. The summed E-state index contributed by atoms with van der Waals surface area (Å²) < 4.78 is 0. The molecule has 0 amide bonds. The van der Waals surface area contributed by atoms with E-state index in [-0.39, 0.29) is 0 Å². The van der Waals surface area contributed by atoms with Crippen LogP contribution in [0.2, 0.25) is 0 Å². The van der Waals surface area contributed by atoms with Crippen molar-refractivity contribution >= 4 is 5.71 Å². The molecule has 2 heteroatoms. The molecule has 0 radical (unpaired) electrons. The van der Waals surface area contributed by atoms with E-state index in [0.29, 0.717) is 10.8 Å². The van der Waals surface area contributed by atoms with Gasteiger partial charge in [0, 0.05) is 5.41 Å². The summed E-state index contributed by atoms with van der Waals surface area (Å²) >= 11 is 0. The number of hydrogen-bond acceptors (Lipinski definition) is 2. The number of nitrogens with zero attached hydrogens (tertiary/aromatic N) is 1. The Kier molecular flexibility index (Phi) is 1.73. The van der Waals surface area contributed by atoms with Crippen LogP contribution in [0.15, 0.2) is 5.16 Å². The standard InChI is InChI=1S/C11H19NO/c1-10(2)8-5-6-11(10,3)9(7-8)12-13-4/h8H,5-7H2,1-4H3. The van der Waals surface area contributed by atoms with Gasteiger partial charge >= 0.3 is 0 Å². The van der Waals surface area contributed by atoms with Crippen molar-refractivity contribution < 1.29 is 4.84 Å². The molecule has 2 aliphatic rings. The second-order valence-corrected chi connectivity index (χ2v) is 5.21. The van der Waals surface area contributed by atoms with E-state index in [4.69, 9.17) is 4.84 Å². The maximum absolute atomic E-state index is 4.92. The van der Waals surface area contributed by atoms with E-state index in [9.17, 15) is 0 Å². The Hall–Kier alpha value is -0.530. The van der Waals surface area contributed by atoms with Crippen LogP contribution in [0.5, 0.6) is 0 Å². The topological polar surface area (TPSA) is 21.6 Å². The molecule has 2 saturated carbocycles. The van der Waals surface area contributed by atoms with Crippen molar-refractivity contribution in [3.8, 4) is 0 Å². The lowest BCUT2D eigenvalue weighted by Gasteiger charge is -2.34. The van der Waals surface area contributed by atoms with Crippen LogP contribution in [0, 0.1) is 16.7 Å². The van der Waals surface area contributed by atoms with Crippen molar-refractivity contribution in [3.63, 3.8) is 0 Å². The molecule has 2 unspecified atom stereocenters. The minimum atomic E-state index is 0.299. The second-order valence-electron chi connectivity index (χ2n) is 5.21. The third kappa shape index (κ3) is 0.918. The number of rotatable bonds is 1. The summed E-state index contributed by atoms with van der Waals surface area (Å²) in [5.74, 6) is 0.825. The van der Waals surface area contributed by atoms with Crippen LogP contribution < -0.4 is 0 Å². The molecule has 2 bridgehead atoms. The fourth-order valence-electron chi connectivity index (χ4n) is 3.18. The fraction of sp³-hybridized carbons (Fsp3) is 0.909. The molecular weight excluding hydrogens is 162 g/mol. The first-order valence-corrected chi connectivity index (χ1v) is 5.13. The Morgan fingerprint density at radius 1 is 1.38 bits per heavy atom. The molecule has 2 aliphatic carbocycles. The maximum atomic E-state index is 4.92. The summed E-state index contributed by atoms with van der Waals surface area (Å²) in [6, 6.07) is 0. The highest BCUT2D eigenvalue weighted by atomic mass is 16.6. The molecule has 0 heterocycles. The van der Waals surface area contributed by atoms with Crippen LogP contribution in [0.3, 0.4) is 0 Å². The monoisotopic (exact) mass is 181 g/mol. The van der Waals surface area contributed by atoms with Crippen molar-refractivity contribution in [1.29, 1.82) is 0 Å². The van der Waals surface area contributed by atoms with Gasteiger partial charge in [0.2, 0.25) is 0 Å². The van der Waals surface area contributed by atoms with Crippen LogP contribution in [0.1, 0.15) is 40.0 Å². The van der Waals surface area contributed by atoms with E-state index in [1.54, 1.807) is 7.11 Å². The average Bonchev–Trinajstić information content (AvgIpc) is 2.37. The van der Waals surface area contributed by atoms with Crippen molar-refractivity contribution in [2.45, 2.75) is 40.0 Å². The first-order chi connectivity index (χ1) is 6.02. The molecule has 13 heavy (non-hydrogen) atoms. The molecule has 2 atom stereocenters. The van der Waals surface area contributed by atoms with Crippen LogP contribution in [-0.4, -0.2) is 12.8 Å². The highest BCUT2D eigenvalue weighted by Gasteiger charge is 2.60. The molecule has 0 N–H and O–H groups in total. The Morgan fingerprint density at radius 2 is 2.08 bits per heavy atom. The third-order valence-electron chi connectivity index (χ3n) is 4.71. The fourth-order valence-corrected chi connectivity index (χ4v) is 3.18. The van der Waals surface area contributed by atoms with E-state index in [1.807, 2.05) is 0 Å². The normalized spacial score (nSPS) is 44.3. The highest BCUT2D eigenvalue weighted by Crippen LogP contribution is 2.63. The quantitative estimate of drug-likeness (QED) is 0.570. The first kappa shape index (κ1) is 9.04. The molecule has 0 aromatic heterocycles. The van der Waals surface area contributed by atoms with E-state index >= 15 is 0 Å². The molecular formula is C11H19NO.